The molecule has 2 heterocycles. The van der Waals surface area contributed by atoms with Crippen LogP contribution >= 0.6 is 0 Å². The Labute approximate surface area is 152 Å². The SMILES string of the molecule is O=C(CCCNC(=O)NC1CCCCC1)NCc1nnc2ccccn12. The maximum Gasteiger partial charge on any atom is 0.315 e. The Hall–Kier alpha value is -2.64. The van der Waals surface area contributed by atoms with E-state index in [9.17, 15) is 9.59 Å². The molecule has 2 aromatic rings. The first kappa shape index (κ1) is 18.2. The van der Waals surface area contributed by atoms with Gasteiger partial charge in [-0.05, 0) is 31.4 Å². The summed E-state index contributed by atoms with van der Waals surface area (Å²) in [6.07, 6.45) is 8.59. The molecule has 8 nitrogen and oxygen atoms in total. The van der Waals surface area contributed by atoms with Crippen LogP contribution in [0.3, 0.4) is 0 Å². The van der Waals surface area contributed by atoms with Crippen LogP contribution in [0.5, 0.6) is 0 Å². The van der Waals surface area contributed by atoms with Crippen LogP contribution in [0.15, 0.2) is 24.4 Å². The third-order valence-electron chi connectivity index (χ3n) is 4.63. The van der Waals surface area contributed by atoms with Crippen molar-refractivity contribution in [3.8, 4) is 0 Å². The molecule has 0 bridgehead atoms. The highest BCUT2D eigenvalue weighted by Gasteiger charge is 2.15. The third kappa shape index (κ3) is 5.18. The highest BCUT2D eigenvalue weighted by atomic mass is 16.2. The maximum absolute atomic E-state index is 11.9. The van der Waals surface area contributed by atoms with Gasteiger partial charge < -0.3 is 16.0 Å². The molecule has 26 heavy (non-hydrogen) atoms. The van der Waals surface area contributed by atoms with E-state index in [4.69, 9.17) is 0 Å². The van der Waals surface area contributed by atoms with Gasteiger partial charge in [0.15, 0.2) is 11.5 Å². The zero-order valence-corrected chi connectivity index (χ0v) is 14.9. The molecule has 1 aliphatic rings. The molecule has 0 saturated heterocycles. The number of carbonyl (C=O) groups excluding carboxylic acids is 2. The Morgan fingerprint density at radius 1 is 1.12 bits per heavy atom. The molecule has 1 saturated carbocycles. The van der Waals surface area contributed by atoms with E-state index < -0.39 is 0 Å². The fraction of sp³-hybridized carbons (Fsp3) is 0.556. The molecule has 1 fully saturated rings. The van der Waals surface area contributed by atoms with Crippen molar-refractivity contribution in [2.45, 2.75) is 57.5 Å². The van der Waals surface area contributed by atoms with Gasteiger partial charge in [0.05, 0.1) is 6.54 Å². The summed E-state index contributed by atoms with van der Waals surface area (Å²) < 4.78 is 1.84. The Morgan fingerprint density at radius 3 is 2.81 bits per heavy atom. The van der Waals surface area contributed by atoms with Gasteiger partial charge in [0.2, 0.25) is 5.91 Å². The van der Waals surface area contributed by atoms with Crippen LogP contribution in [0.25, 0.3) is 5.65 Å². The van der Waals surface area contributed by atoms with Crippen LogP contribution < -0.4 is 16.0 Å². The number of amides is 3. The monoisotopic (exact) mass is 358 g/mol. The summed E-state index contributed by atoms with van der Waals surface area (Å²) in [5.41, 5.74) is 0.755. The number of carbonyl (C=O) groups is 2. The van der Waals surface area contributed by atoms with Gasteiger partial charge in [-0.1, -0.05) is 25.3 Å². The zero-order chi connectivity index (χ0) is 18.2. The average molecular weight is 358 g/mol. The lowest BCUT2D eigenvalue weighted by Gasteiger charge is -2.22. The van der Waals surface area contributed by atoms with E-state index in [1.165, 1.54) is 19.3 Å². The summed E-state index contributed by atoms with van der Waals surface area (Å²) in [6, 6.07) is 5.81. The first-order valence-electron chi connectivity index (χ1n) is 9.32. The average Bonchev–Trinajstić information content (AvgIpc) is 3.07. The number of rotatable bonds is 7. The summed E-state index contributed by atoms with van der Waals surface area (Å²) in [6.45, 7) is 0.819. The van der Waals surface area contributed by atoms with Crippen molar-refractivity contribution in [1.29, 1.82) is 0 Å². The van der Waals surface area contributed by atoms with E-state index in [1.54, 1.807) is 0 Å². The molecule has 1 aliphatic carbocycles. The molecule has 3 rings (SSSR count). The van der Waals surface area contributed by atoms with E-state index in [0.717, 1.165) is 18.5 Å². The van der Waals surface area contributed by atoms with Gasteiger partial charge in [0.25, 0.3) is 0 Å². The first-order valence-corrected chi connectivity index (χ1v) is 9.32. The third-order valence-corrected chi connectivity index (χ3v) is 4.63. The van der Waals surface area contributed by atoms with Crippen LogP contribution in [-0.4, -0.2) is 39.1 Å². The van der Waals surface area contributed by atoms with Crippen molar-refractivity contribution in [3.63, 3.8) is 0 Å². The molecule has 140 valence electrons. The summed E-state index contributed by atoms with van der Waals surface area (Å²) in [5.74, 6) is 0.631. The van der Waals surface area contributed by atoms with E-state index in [0.29, 0.717) is 37.8 Å². The number of nitrogens with one attached hydrogen (secondary N) is 3. The minimum atomic E-state index is -0.132. The summed E-state index contributed by atoms with van der Waals surface area (Å²) in [7, 11) is 0. The van der Waals surface area contributed by atoms with Gasteiger partial charge in [-0.25, -0.2) is 4.79 Å². The van der Waals surface area contributed by atoms with E-state index in [2.05, 4.69) is 26.1 Å². The van der Waals surface area contributed by atoms with Crippen molar-refractivity contribution >= 4 is 17.6 Å². The molecule has 8 heteroatoms. The van der Waals surface area contributed by atoms with E-state index >= 15 is 0 Å². The van der Waals surface area contributed by atoms with Crippen LogP contribution in [0, 0.1) is 0 Å². The number of hydrogen-bond donors (Lipinski definition) is 3. The zero-order valence-electron chi connectivity index (χ0n) is 14.9. The molecule has 3 N–H and O–H groups in total. The number of urea groups is 1. The number of fused-ring (bicyclic) bond motifs is 1. The number of aromatic nitrogens is 3. The molecular formula is C18H26N6O2. The number of nitrogens with zero attached hydrogens (tertiary/aromatic N) is 3. The summed E-state index contributed by atoms with van der Waals surface area (Å²) in [4.78, 5) is 23.8. The topological polar surface area (TPSA) is 100 Å². The quantitative estimate of drug-likeness (QED) is 0.657. The molecule has 0 radical (unpaired) electrons. The molecule has 0 aliphatic heterocycles. The Kier molecular flexibility index (Phi) is 6.40. The Balaban J connectivity index is 1.30. The number of pyridine rings is 1. The highest BCUT2D eigenvalue weighted by Crippen LogP contribution is 2.17. The fourth-order valence-corrected chi connectivity index (χ4v) is 3.21. The summed E-state index contributed by atoms with van der Waals surface area (Å²) >= 11 is 0. The second-order valence-corrected chi connectivity index (χ2v) is 6.66. The van der Waals surface area contributed by atoms with Crippen molar-refractivity contribution < 1.29 is 9.59 Å². The number of hydrogen-bond acceptors (Lipinski definition) is 4. The lowest BCUT2D eigenvalue weighted by atomic mass is 9.96. The van der Waals surface area contributed by atoms with Crippen LogP contribution in [-0.2, 0) is 11.3 Å². The van der Waals surface area contributed by atoms with E-state index in [-0.39, 0.29) is 11.9 Å². The molecule has 2 aromatic heterocycles. The van der Waals surface area contributed by atoms with Gasteiger partial charge in [-0.2, -0.15) is 0 Å². The first-order chi connectivity index (χ1) is 12.7. The van der Waals surface area contributed by atoms with Crippen molar-refractivity contribution in [2.24, 2.45) is 0 Å². The maximum atomic E-state index is 11.9. The van der Waals surface area contributed by atoms with Crippen LogP contribution in [0.1, 0.15) is 50.8 Å². The standard InChI is InChI=1S/C18H26N6O2/c25-17(20-13-16-23-22-15-9-4-5-12-24(15)16)10-6-11-19-18(26)21-14-7-2-1-3-8-14/h4-5,9,12,14H,1-3,6-8,10-11,13H2,(H,20,25)(H2,19,21,26). The molecule has 0 atom stereocenters. The second-order valence-electron chi connectivity index (χ2n) is 6.66. The lowest BCUT2D eigenvalue weighted by Crippen LogP contribution is -2.43. The van der Waals surface area contributed by atoms with Crippen molar-refractivity contribution in [1.82, 2.24) is 30.5 Å². The van der Waals surface area contributed by atoms with Crippen LogP contribution in [0.4, 0.5) is 4.79 Å². The molecular weight excluding hydrogens is 332 g/mol. The van der Waals surface area contributed by atoms with Crippen molar-refractivity contribution in [2.75, 3.05) is 6.54 Å². The van der Waals surface area contributed by atoms with Crippen molar-refractivity contribution in [3.05, 3.63) is 30.2 Å². The largest absolute Gasteiger partial charge is 0.349 e. The normalized spacial score (nSPS) is 14.9. The highest BCUT2D eigenvalue weighted by molar-refractivity contribution is 5.76. The minimum absolute atomic E-state index is 0.0628. The molecule has 0 spiro atoms. The Morgan fingerprint density at radius 2 is 1.96 bits per heavy atom. The molecule has 3 amide bonds. The van der Waals surface area contributed by atoms with Gasteiger partial charge in [-0.15, -0.1) is 10.2 Å². The van der Waals surface area contributed by atoms with E-state index in [1.807, 2.05) is 28.8 Å². The van der Waals surface area contributed by atoms with Gasteiger partial charge >= 0.3 is 6.03 Å². The Bertz CT molecular complexity index is 738. The van der Waals surface area contributed by atoms with Gasteiger partial charge in [0.1, 0.15) is 0 Å². The van der Waals surface area contributed by atoms with Crippen LogP contribution in [0.2, 0.25) is 0 Å². The second kappa shape index (κ2) is 9.17. The molecule has 0 aromatic carbocycles. The predicted molar refractivity (Wildman–Crippen MR) is 97.5 cm³/mol. The lowest BCUT2D eigenvalue weighted by molar-refractivity contribution is -0.121. The molecule has 0 unspecified atom stereocenters. The van der Waals surface area contributed by atoms with Gasteiger partial charge in [-0.3, -0.25) is 9.20 Å². The predicted octanol–water partition coefficient (Wildman–Crippen LogP) is 1.76. The fourth-order valence-electron chi connectivity index (χ4n) is 3.21. The summed E-state index contributed by atoms with van der Waals surface area (Å²) in [5, 5.41) is 16.8. The van der Waals surface area contributed by atoms with Gasteiger partial charge in [0, 0.05) is 25.2 Å². The minimum Gasteiger partial charge on any atom is -0.349 e. The smallest absolute Gasteiger partial charge is 0.315 e.